The molecule has 0 aliphatic rings. The SMILES string of the molecule is OCCNCc1ccc(OC(F)(F)F)c(Br)c1. The van der Waals surface area contributed by atoms with Crippen molar-refractivity contribution in [1.29, 1.82) is 0 Å². The zero-order chi connectivity index (χ0) is 12.9. The van der Waals surface area contributed by atoms with Crippen LogP contribution >= 0.6 is 15.9 Å². The summed E-state index contributed by atoms with van der Waals surface area (Å²) in [5, 5.41) is 11.5. The lowest BCUT2D eigenvalue weighted by Gasteiger charge is -2.11. The van der Waals surface area contributed by atoms with Gasteiger partial charge in [-0.1, -0.05) is 6.07 Å². The molecule has 2 N–H and O–H groups in total. The van der Waals surface area contributed by atoms with Crippen LogP contribution in [0.3, 0.4) is 0 Å². The van der Waals surface area contributed by atoms with Crippen LogP contribution in [0.5, 0.6) is 5.75 Å². The third-order valence-corrected chi connectivity index (χ3v) is 2.46. The Morgan fingerprint density at radius 2 is 2.06 bits per heavy atom. The fourth-order valence-corrected chi connectivity index (χ4v) is 1.68. The van der Waals surface area contributed by atoms with Gasteiger partial charge in [0.15, 0.2) is 0 Å². The lowest BCUT2D eigenvalue weighted by molar-refractivity contribution is -0.274. The van der Waals surface area contributed by atoms with E-state index in [9.17, 15) is 13.2 Å². The van der Waals surface area contributed by atoms with Crippen molar-refractivity contribution in [1.82, 2.24) is 5.32 Å². The molecule has 7 heteroatoms. The summed E-state index contributed by atoms with van der Waals surface area (Å²) in [4.78, 5) is 0. The fraction of sp³-hybridized carbons (Fsp3) is 0.400. The molecule has 3 nitrogen and oxygen atoms in total. The van der Waals surface area contributed by atoms with Gasteiger partial charge in [-0.25, -0.2) is 0 Å². The number of ether oxygens (including phenoxy) is 1. The number of aliphatic hydroxyl groups is 1. The Labute approximate surface area is 105 Å². The maximum atomic E-state index is 12.0. The van der Waals surface area contributed by atoms with Gasteiger partial charge in [0, 0.05) is 13.1 Å². The highest BCUT2D eigenvalue weighted by molar-refractivity contribution is 9.10. The van der Waals surface area contributed by atoms with Gasteiger partial charge >= 0.3 is 6.36 Å². The molecular formula is C10H11BrF3NO2. The van der Waals surface area contributed by atoms with Gasteiger partial charge in [-0.15, -0.1) is 13.2 Å². The van der Waals surface area contributed by atoms with E-state index in [2.05, 4.69) is 26.0 Å². The largest absolute Gasteiger partial charge is 0.573 e. The summed E-state index contributed by atoms with van der Waals surface area (Å²) < 4.78 is 40.0. The van der Waals surface area contributed by atoms with Crippen molar-refractivity contribution in [2.24, 2.45) is 0 Å². The summed E-state index contributed by atoms with van der Waals surface area (Å²) in [6.45, 7) is 0.903. The average molecular weight is 314 g/mol. The molecule has 0 amide bonds. The zero-order valence-corrected chi connectivity index (χ0v) is 10.3. The molecule has 17 heavy (non-hydrogen) atoms. The number of halogens is 4. The number of hydrogen-bond donors (Lipinski definition) is 2. The lowest BCUT2D eigenvalue weighted by atomic mass is 10.2. The highest BCUT2D eigenvalue weighted by Crippen LogP contribution is 2.30. The van der Waals surface area contributed by atoms with Crippen molar-refractivity contribution < 1.29 is 23.0 Å². The molecule has 0 atom stereocenters. The van der Waals surface area contributed by atoms with Crippen LogP contribution in [0.2, 0.25) is 0 Å². The molecule has 0 aromatic heterocycles. The van der Waals surface area contributed by atoms with Crippen molar-refractivity contribution in [2.45, 2.75) is 12.9 Å². The Kier molecular flexibility index (Phi) is 5.23. The first-order chi connectivity index (χ1) is 7.92. The standard InChI is InChI=1S/C10H11BrF3NO2/c11-8-5-7(6-15-3-4-16)1-2-9(8)17-10(12,13)14/h1-2,5,15-16H,3-4,6H2. The highest BCUT2D eigenvalue weighted by atomic mass is 79.9. The van der Waals surface area contributed by atoms with E-state index < -0.39 is 6.36 Å². The first kappa shape index (κ1) is 14.3. The summed E-state index contributed by atoms with van der Waals surface area (Å²) >= 11 is 3.01. The van der Waals surface area contributed by atoms with E-state index >= 15 is 0 Å². The van der Waals surface area contributed by atoms with Crippen LogP contribution in [0.25, 0.3) is 0 Å². The van der Waals surface area contributed by atoms with Gasteiger partial charge in [-0.2, -0.15) is 0 Å². The molecule has 1 aromatic carbocycles. The van der Waals surface area contributed by atoms with Crippen LogP contribution in [0.1, 0.15) is 5.56 Å². The highest BCUT2D eigenvalue weighted by Gasteiger charge is 2.31. The molecule has 0 radical (unpaired) electrons. The molecular weight excluding hydrogens is 303 g/mol. The van der Waals surface area contributed by atoms with Gasteiger partial charge in [0.2, 0.25) is 0 Å². The quantitative estimate of drug-likeness (QED) is 0.820. The van der Waals surface area contributed by atoms with Crippen LogP contribution in [-0.2, 0) is 6.54 Å². The van der Waals surface area contributed by atoms with E-state index in [0.717, 1.165) is 5.56 Å². The molecule has 0 aliphatic heterocycles. The van der Waals surface area contributed by atoms with Crippen LogP contribution in [0.15, 0.2) is 22.7 Å². The van der Waals surface area contributed by atoms with Gasteiger partial charge in [0.25, 0.3) is 0 Å². The molecule has 1 aromatic rings. The number of nitrogens with one attached hydrogen (secondary N) is 1. The molecule has 0 saturated heterocycles. The second-order valence-electron chi connectivity index (χ2n) is 3.21. The maximum absolute atomic E-state index is 12.0. The minimum absolute atomic E-state index is 0.0104. The second-order valence-corrected chi connectivity index (χ2v) is 4.07. The first-order valence-electron chi connectivity index (χ1n) is 4.78. The predicted molar refractivity (Wildman–Crippen MR) is 59.6 cm³/mol. The Balaban J connectivity index is 2.66. The Morgan fingerprint density at radius 3 is 2.59 bits per heavy atom. The van der Waals surface area contributed by atoms with Crippen molar-refractivity contribution in [3.8, 4) is 5.75 Å². The third kappa shape index (κ3) is 5.38. The van der Waals surface area contributed by atoms with Gasteiger partial charge in [-0.05, 0) is 33.6 Å². The molecule has 0 fully saturated rings. The summed E-state index contributed by atoms with van der Waals surface area (Å²) in [7, 11) is 0. The maximum Gasteiger partial charge on any atom is 0.573 e. The molecule has 0 heterocycles. The van der Waals surface area contributed by atoms with Crippen molar-refractivity contribution in [3.63, 3.8) is 0 Å². The molecule has 0 unspecified atom stereocenters. The van der Waals surface area contributed by atoms with Gasteiger partial charge in [0.05, 0.1) is 11.1 Å². The van der Waals surface area contributed by atoms with E-state index in [1.807, 2.05) is 0 Å². The molecule has 1 rings (SSSR count). The topological polar surface area (TPSA) is 41.5 Å². The van der Waals surface area contributed by atoms with E-state index in [0.29, 0.717) is 13.1 Å². The van der Waals surface area contributed by atoms with Crippen molar-refractivity contribution in [3.05, 3.63) is 28.2 Å². The molecule has 0 aliphatic carbocycles. The van der Waals surface area contributed by atoms with Crippen LogP contribution < -0.4 is 10.1 Å². The minimum Gasteiger partial charge on any atom is -0.405 e. The smallest absolute Gasteiger partial charge is 0.405 e. The first-order valence-corrected chi connectivity index (χ1v) is 5.57. The zero-order valence-electron chi connectivity index (χ0n) is 8.72. The van der Waals surface area contributed by atoms with Crippen LogP contribution in [0, 0.1) is 0 Å². The third-order valence-electron chi connectivity index (χ3n) is 1.84. The Hall–Kier alpha value is -0.790. The monoisotopic (exact) mass is 313 g/mol. The van der Waals surface area contributed by atoms with Crippen LogP contribution in [0.4, 0.5) is 13.2 Å². The fourth-order valence-electron chi connectivity index (χ4n) is 1.17. The number of benzene rings is 1. The number of alkyl halides is 3. The second kappa shape index (κ2) is 6.23. The van der Waals surface area contributed by atoms with E-state index in [1.165, 1.54) is 18.2 Å². The van der Waals surface area contributed by atoms with Crippen LogP contribution in [-0.4, -0.2) is 24.6 Å². The van der Waals surface area contributed by atoms with Gasteiger partial charge < -0.3 is 15.2 Å². The van der Waals surface area contributed by atoms with Gasteiger partial charge in [0.1, 0.15) is 5.75 Å². The summed E-state index contributed by atoms with van der Waals surface area (Å²) in [6.07, 6.45) is -4.70. The van der Waals surface area contributed by atoms with Gasteiger partial charge in [-0.3, -0.25) is 0 Å². The Morgan fingerprint density at radius 1 is 1.35 bits per heavy atom. The van der Waals surface area contributed by atoms with Crippen molar-refractivity contribution in [2.75, 3.05) is 13.2 Å². The summed E-state index contributed by atoms with van der Waals surface area (Å²) in [5.41, 5.74) is 0.792. The molecule has 0 saturated carbocycles. The van der Waals surface area contributed by atoms with E-state index in [4.69, 9.17) is 5.11 Å². The predicted octanol–water partition coefficient (Wildman–Crippen LogP) is 2.43. The normalized spacial score (nSPS) is 11.6. The Bertz CT molecular complexity index is 371. The summed E-state index contributed by atoms with van der Waals surface area (Å²) in [6, 6.07) is 4.30. The molecule has 0 bridgehead atoms. The molecule has 96 valence electrons. The van der Waals surface area contributed by atoms with Crippen molar-refractivity contribution >= 4 is 15.9 Å². The summed E-state index contributed by atoms with van der Waals surface area (Å²) in [5.74, 6) is -0.275. The number of aliphatic hydroxyl groups excluding tert-OH is 1. The van der Waals surface area contributed by atoms with E-state index in [1.54, 1.807) is 0 Å². The average Bonchev–Trinajstić information content (AvgIpc) is 2.21. The number of rotatable bonds is 5. The van der Waals surface area contributed by atoms with E-state index in [-0.39, 0.29) is 16.8 Å². The number of hydrogen-bond acceptors (Lipinski definition) is 3. The molecule has 0 spiro atoms. The lowest BCUT2D eigenvalue weighted by Crippen LogP contribution is -2.18. The minimum atomic E-state index is -4.70.